The van der Waals surface area contributed by atoms with Crippen molar-refractivity contribution >= 4 is 11.8 Å². The predicted octanol–water partition coefficient (Wildman–Crippen LogP) is 2.45. The molecule has 0 aliphatic rings. The van der Waals surface area contributed by atoms with E-state index in [0.717, 1.165) is 16.7 Å². The molecule has 2 amide bonds. The van der Waals surface area contributed by atoms with E-state index < -0.39 is 5.91 Å². The molecule has 0 aliphatic heterocycles. The van der Waals surface area contributed by atoms with Gasteiger partial charge in [0.05, 0.1) is 0 Å². The number of rotatable bonds is 4. The van der Waals surface area contributed by atoms with Gasteiger partial charge in [-0.15, -0.1) is 0 Å². The molecule has 0 saturated carbocycles. The summed E-state index contributed by atoms with van der Waals surface area (Å²) in [6.45, 7) is 5.58. The van der Waals surface area contributed by atoms with E-state index in [-0.39, 0.29) is 12.5 Å². The monoisotopic (exact) mass is 312 g/mol. The summed E-state index contributed by atoms with van der Waals surface area (Å²) in [7, 11) is 0. The maximum absolute atomic E-state index is 12.0. The minimum atomic E-state index is -0.426. The van der Waals surface area contributed by atoms with E-state index in [4.69, 9.17) is 4.74 Å². The molecule has 0 bridgehead atoms. The molecule has 5 heteroatoms. The lowest BCUT2D eigenvalue weighted by molar-refractivity contribution is -0.123. The average molecular weight is 312 g/mol. The van der Waals surface area contributed by atoms with Gasteiger partial charge in [0, 0.05) is 5.56 Å². The molecule has 2 aromatic carbocycles. The van der Waals surface area contributed by atoms with Gasteiger partial charge < -0.3 is 4.74 Å². The van der Waals surface area contributed by atoms with Gasteiger partial charge in [-0.05, 0) is 50.1 Å². The van der Waals surface area contributed by atoms with Crippen LogP contribution in [0.3, 0.4) is 0 Å². The van der Waals surface area contributed by atoms with E-state index in [9.17, 15) is 9.59 Å². The Balaban J connectivity index is 1.83. The molecule has 0 spiro atoms. The summed E-state index contributed by atoms with van der Waals surface area (Å²) in [4.78, 5) is 23.8. The number of ether oxygens (including phenoxy) is 1. The second-order valence-corrected chi connectivity index (χ2v) is 5.43. The molecule has 0 unspecified atom stereocenters. The highest BCUT2D eigenvalue weighted by Crippen LogP contribution is 2.12. The van der Waals surface area contributed by atoms with Crippen molar-refractivity contribution in [1.82, 2.24) is 10.9 Å². The minimum Gasteiger partial charge on any atom is -0.484 e. The van der Waals surface area contributed by atoms with Crippen LogP contribution in [0, 0.1) is 20.8 Å². The Morgan fingerprint density at radius 1 is 0.957 bits per heavy atom. The molecule has 0 saturated heterocycles. The molecule has 0 fully saturated rings. The van der Waals surface area contributed by atoms with Crippen molar-refractivity contribution < 1.29 is 14.3 Å². The van der Waals surface area contributed by atoms with Crippen molar-refractivity contribution in [3.63, 3.8) is 0 Å². The average Bonchev–Trinajstić information content (AvgIpc) is 2.50. The van der Waals surface area contributed by atoms with Crippen LogP contribution in [0.5, 0.6) is 5.75 Å². The molecule has 0 heterocycles. The van der Waals surface area contributed by atoms with E-state index in [1.54, 1.807) is 12.1 Å². The van der Waals surface area contributed by atoms with Crippen molar-refractivity contribution in [3.8, 4) is 5.75 Å². The largest absolute Gasteiger partial charge is 0.484 e. The van der Waals surface area contributed by atoms with E-state index >= 15 is 0 Å². The molecular formula is C18H20N2O3. The summed E-state index contributed by atoms with van der Waals surface area (Å²) in [6, 6.07) is 12.9. The lowest BCUT2D eigenvalue weighted by Gasteiger charge is -2.10. The number of carbonyl (C=O) groups is 2. The summed E-state index contributed by atoms with van der Waals surface area (Å²) in [5.74, 6) is -0.170. The summed E-state index contributed by atoms with van der Waals surface area (Å²) in [5.41, 5.74) is 8.24. The zero-order valence-corrected chi connectivity index (χ0v) is 13.5. The van der Waals surface area contributed by atoms with Crippen LogP contribution < -0.4 is 15.6 Å². The maximum atomic E-state index is 12.0. The van der Waals surface area contributed by atoms with Gasteiger partial charge in [0.25, 0.3) is 11.8 Å². The summed E-state index contributed by atoms with van der Waals surface area (Å²) >= 11 is 0. The Hall–Kier alpha value is -2.82. The van der Waals surface area contributed by atoms with E-state index in [2.05, 4.69) is 10.9 Å². The van der Waals surface area contributed by atoms with Gasteiger partial charge >= 0.3 is 0 Å². The quantitative estimate of drug-likeness (QED) is 0.852. The number of carbonyl (C=O) groups excluding carboxylic acids is 2. The summed E-state index contributed by atoms with van der Waals surface area (Å²) in [6.07, 6.45) is 0. The molecule has 0 aliphatic carbocycles. The molecule has 5 nitrogen and oxygen atoms in total. The van der Waals surface area contributed by atoms with Crippen LogP contribution in [-0.2, 0) is 4.79 Å². The van der Waals surface area contributed by atoms with Gasteiger partial charge in [-0.3, -0.25) is 20.4 Å². The smallest absolute Gasteiger partial charge is 0.276 e. The van der Waals surface area contributed by atoms with Crippen molar-refractivity contribution in [1.29, 1.82) is 0 Å². The van der Waals surface area contributed by atoms with Gasteiger partial charge in [0.1, 0.15) is 5.75 Å². The number of nitrogens with one attached hydrogen (secondary N) is 2. The van der Waals surface area contributed by atoms with E-state index in [1.807, 2.05) is 51.1 Å². The van der Waals surface area contributed by atoms with Crippen molar-refractivity contribution in [3.05, 3.63) is 64.7 Å². The van der Waals surface area contributed by atoms with Crippen LogP contribution >= 0.6 is 0 Å². The second-order valence-electron chi connectivity index (χ2n) is 5.43. The van der Waals surface area contributed by atoms with Crippen LogP contribution in [0.15, 0.2) is 42.5 Å². The predicted molar refractivity (Wildman–Crippen MR) is 88.2 cm³/mol. The third-order valence-corrected chi connectivity index (χ3v) is 3.30. The fourth-order valence-corrected chi connectivity index (χ4v) is 2.15. The lowest BCUT2D eigenvalue weighted by Crippen LogP contribution is -2.44. The number of hydrogen-bond donors (Lipinski definition) is 2. The van der Waals surface area contributed by atoms with Gasteiger partial charge in [-0.2, -0.15) is 0 Å². The molecule has 0 radical (unpaired) electrons. The Labute approximate surface area is 135 Å². The Morgan fingerprint density at radius 2 is 1.70 bits per heavy atom. The highest BCUT2D eigenvalue weighted by molar-refractivity contribution is 5.96. The maximum Gasteiger partial charge on any atom is 0.276 e. The normalized spacial score (nSPS) is 10.0. The first-order valence-corrected chi connectivity index (χ1v) is 7.31. The van der Waals surface area contributed by atoms with Gasteiger partial charge in [0.2, 0.25) is 0 Å². The molecular weight excluding hydrogens is 292 g/mol. The molecule has 120 valence electrons. The molecule has 23 heavy (non-hydrogen) atoms. The first-order chi connectivity index (χ1) is 11.0. The van der Waals surface area contributed by atoms with Crippen LogP contribution in [0.1, 0.15) is 27.0 Å². The van der Waals surface area contributed by atoms with Gasteiger partial charge in [0.15, 0.2) is 6.61 Å². The molecule has 2 rings (SSSR count). The van der Waals surface area contributed by atoms with Crippen molar-refractivity contribution in [2.75, 3.05) is 6.61 Å². The van der Waals surface area contributed by atoms with Crippen LogP contribution in [0.4, 0.5) is 0 Å². The van der Waals surface area contributed by atoms with Crippen LogP contribution in [0.25, 0.3) is 0 Å². The molecule has 2 aromatic rings. The molecule has 0 atom stereocenters. The first-order valence-electron chi connectivity index (χ1n) is 7.31. The van der Waals surface area contributed by atoms with E-state index in [0.29, 0.717) is 11.3 Å². The topological polar surface area (TPSA) is 67.4 Å². The minimum absolute atomic E-state index is 0.170. The Bertz CT molecular complexity index is 726. The number of benzene rings is 2. The third-order valence-electron chi connectivity index (χ3n) is 3.30. The highest BCUT2D eigenvalue weighted by Gasteiger charge is 2.10. The van der Waals surface area contributed by atoms with Crippen LogP contribution in [-0.4, -0.2) is 18.4 Å². The number of hydrazine groups is 1. The van der Waals surface area contributed by atoms with E-state index in [1.165, 1.54) is 0 Å². The first kappa shape index (κ1) is 16.5. The highest BCUT2D eigenvalue weighted by atomic mass is 16.5. The summed E-state index contributed by atoms with van der Waals surface area (Å²) < 4.78 is 5.36. The van der Waals surface area contributed by atoms with Gasteiger partial charge in [-0.25, -0.2) is 0 Å². The zero-order chi connectivity index (χ0) is 16.8. The van der Waals surface area contributed by atoms with Crippen LogP contribution in [0.2, 0.25) is 0 Å². The third kappa shape index (κ3) is 4.85. The Kier molecular flexibility index (Phi) is 5.36. The number of hydrogen-bond acceptors (Lipinski definition) is 3. The lowest BCUT2D eigenvalue weighted by atomic mass is 10.1. The Morgan fingerprint density at radius 3 is 2.39 bits per heavy atom. The fraction of sp³-hybridized carbons (Fsp3) is 0.222. The fourth-order valence-electron chi connectivity index (χ4n) is 2.15. The SMILES string of the molecule is Cc1cccc(OCC(=O)NNC(=O)c2ccc(C)cc2C)c1. The number of aryl methyl sites for hydroxylation is 3. The molecule has 2 N–H and O–H groups in total. The molecule has 0 aromatic heterocycles. The second kappa shape index (κ2) is 7.45. The summed E-state index contributed by atoms with van der Waals surface area (Å²) in [5, 5.41) is 0. The van der Waals surface area contributed by atoms with Crippen molar-refractivity contribution in [2.24, 2.45) is 0 Å². The van der Waals surface area contributed by atoms with Crippen molar-refractivity contribution in [2.45, 2.75) is 20.8 Å². The zero-order valence-electron chi connectivity index (χ0n) is 13.5. The van der Waals surface area contributed by atoms with Gasteiger partial charge in [-0.1, -0.05) is 29.8 Å². The standard InChI is InChI=1S/C18H20N2O3/c1-12-5-4-6-15(10-12)23-11-17(21)19-20-18(22)16-8-7-13(2)9-14(16)3/h4-10H,11H2,1-3H3,(H,19,21)(H,20,22). The number of amides is 2.